The minimum Gasteiger partial charge on any atom is -0.487 e. The van der Waals surface area contributed by atoms with Crippen molar-refractivity contribution in [1.82, 2.24) is 9.88 Å². The van der Waals surface area contributed by atoms with Crippen molar-refractivity contribution in [3.8, 4) is 5.75 Å². The Balaban J connectivity index is 0.00000225. The summed E-state index contributed by atoms with van der Waals surface area (Å²) in [7, 11) is 0. The second-order valence-electron chi connectivity index (χ2n) is 6.83. The Labute approximate surface area is 179 Å². The average Bonchev–Trinajstić information content (AvgIpc) is 2.66. The Kier molecular flexibility index (Phi) is 7.00. The summed E-state index contributed by atoms with van der Waals surface area (Å²) in [6.07, 6.45) is 5.06. The molecule has 0 radical (unpaired) electrons. The van der Waals surface area contributed by atoms with Gasteiger partial charge in [0.1, 0.15) is 6.10 Å². The molecule has 2 aromatic carbocycles. The van der Waals surface area contributed by atoms with Crippen molar-refractivity contribution in [2.75, 3.05) is 13.1 Å². The van der Waals surface area contributed by atoms with E-state index >= 15 is 0 Å². The van der Waals surface area contributed by atoms with Crippen molar-refractivity contribution < 1.29 is 9.13 Å². The lowest BCUT2D eigenvalue weighted by Gasteiger charge is -2.32. The molecule has 1 saturated heterocycles. The number of ether oxygens (including phenoxy) is 1. The number of benzene rings is 2. The summed E-state index contributed by atoms with van der Waals surface area (Å²) < 4.78 is 20.3. The van der Waals surface area contributed by atoms with Crippen LogP contribution in [0.25, 0.3) is 10.8 Å². The van der Waals surface area contributed by atoms with Crippen LogP contribution in [0, 0.1) is 5.82 Å². The van der Waals surface area contributed by atoms with E-state index in [2.05, 4.69) is 9.88 Å². The number of likely N-dealkylation sites (tertiary alicyclic amines) is 1. The quantitative estimate of drug-likeness (QED) is 0.486. The molecule has 1 fully saturated rings. The Morgan fingerprint density at radius 2 is 1.86 bits per heavy atom. The lowest BCUT2D eigenvalue weighted by Crippen LogP contribution is -2.38. The third-order valence-electron chi connectivity index (χ3n) is 4.93. The number of nitrogens with zero attached hydrogens (tertiary/aromatic N) is 2. The molecule has 0 amide bonds. The number of piperidine rings is 1. The molecule has 4 rings (SSSR count). The molecule has 148 valence electrons. The van der Waals surface area contributed by atoms with Gasteiger partial charge in [-0.15, -0.1) is 12.4 Å². The molecule has 0 aliphatic carbocycles. The van der Waals surface area contributed by atoms with Gasteiger partial charge >= 0.3 is 0 Å². The first-order chi connectivity index (χ1) is 13.1. The van der Waals surface area contributed by atoms with Gasteiger partial charge in [0.2, 0.25) is 0 Å². The summed E-state index contributed by atoms with van der Waals surface area (Å²) in [6.45, 7) is 2.53. The Morgan fingerprint density at radius 1 is 1.07 bits per heavy atom. The van der Waals surface area contributed by atoms with Crippen LogP contribution in [0.3, 0.4) is 0 Å². The highest BCUT2D eigenvalue weighted by molar-refractivity contribution is 6.35. The highest BCUT2D eigenvalue weighted by Crippen LogP contribution is 2.28. The maximum absolute atomic E-state index is 14.3. The zero-order valence-electron chi connectivity index (χ0n) is 15.1. The number of hydrogen-bond donors (Lipinski definition) is 0. The van der Waals surface area contributed by atoms with E-state index in [0.29, 0.717) is 15.8 Å². The Hall–Kier alpha value is -1.59. The first kappa shape index (κ1) is 21.1. The zero-order valence-corrected chi connectivity index (χ0v) is 17.4. The predicted octanol–water partition coefficient (Wildman–Crippen LogP) is 6.15. The second-order valence-corrected chi connectivity index (χ2v) is 7.68. The first-order valence-electron chi connectivity index (χ1n) is 8.95. The SMILES string of the molecule is Cl.Fc1cc2cnccc2cc1OC1CCN(Cc2ccc(Cl)cc2Cl)CC1. The first-order valence-corrected chi connectivity index (χ1v) is 9.70. The summed E-state index contributed by atoms with van der Waals surface area (Å²) in [6, 6.07) is 10.7. The van der Waals surface area contributed by atoms with Gasteiger partial charge in [-0.1, -0.05) is 29.3 Å². The molecular weight excluding hydrogens is 422 g/mol. The van der Waals surface area contributed by atoms with Crippen molar-refractivity contribution >= 4 is 46.4 Å². The molecule has 3 aromatic rings. The van der Waals surface area contributed by atoms with E-state index in [1.165, 1.54) is 6.07 Å². The third-order valence-corrected chi connectivity index (χ3v) is 5.52. The minimum atomic E-state index is -0.342. The van der Waals surface area contributed by atoms with Crippen LogP contribution >= 0.6 is 35.6 Å². The summed E-state index contributed by atoms with van der Waals surface area (Å²) in [5, 5.41) is 3.03. The lowest BCUT2D eigenvalue weighted by molar-refractivity contribution is 0.0937. The number of aromatic nitrogens is 1. The average molecular weight is 442 g/mol. The van der Waals surface area contributed by atoms with Gasteiger partial charge < -0.3 is 4.74 Å². The molecule has 28 heavy (non-hydrogen) atoms. The van der Waals surface area contributed by atoms with E-state index in [4.69, 9.17) is 27.9 Å². The van der Waals surface area contributed by atoms with E-state index < -0.39 is 0 Å². The molecule has 0 spiro atoms. The van der Waals surface area contributed by atoms with Crippen LogP contribution in [0.5, 0.6) is 5.75 Å². The number of pyridine rings is 1. The van der Waals surface area contributed by atoms with Crippen LogP contribution in [-0.2, 0) is 6.54 Å². The van der Waals surface area contributed by atoms with E-state index in [1.807, 2.05) is 18.2 Å². The molecule has 2 heterocycles. The van der Waals surface area contributed by atoms with Gasteiger partial charge in [0.05, 0.1) is 0 Å². The van der Waals surface area contributed by atoms with Crippen LogP contribution in [0.2, 0.25) is 10.0 Å². The molecule has 7 heteroatoms. The normalized spacial score (nSPS) is 15.4. The highest BCUT2D eigenvalue weighted by atomic mass is 35.5. The fourth-order valence-electron chi connectivity index (χ4n) is 3.43. The van der Waals surface area contributed by atoms with E-state index in [1.54, 1.807) is 24.5 Å². The van der Waals surface area contributed by atoms with Crippen LogP contribution in [-0.4, -0.2) is 29.1 Å². The lowest BCUT2D eigenvalue weighted by atomic mass is 10.1. The van der Waals surface area contributed by atoms with Crippen molar-refractivity contribution in [2.24, 2.45) is 0 Å². The molecule has 0 N–H and O–H groups in total. The van der Waals surface area contributed by atoms with Crippen LogP contribution in [0.15, 0.2) is 48.8 Å². The topological polar surface area (TPSA) is 25.4 Å². The number of fused-ring (bicyclic) bond motifs is 1. The van der Waals surface area contributed by atoms with Gasteiger partial charge in [-0.05, 0) is 54.1 Å². The maximum atomic E-state index is 14.3. The molecule has 0 atom stereocenters. The molecule has 0 saturated carbocycles. The van der Waals surface area contributed by atoms with E-state index in [0.717, 1.165) is 48.8 Å². The molecular formula is C21H20Cl3FN2O. The minimum absolute atomic E-state index is 0. The highest BCUT2D eigenvalue weighted by Gasteiger charge is 2.22. The molecule has 1 aromatic heterocycles. The van der Waals surface area contributed by atoms with Crippen LogP contribution < -0.4 is 4.74 Å². The van der Waals surface area contributed by atoms with Crippen molar-refractivity contribution in [1.29, 1.82) is 0 Å². The fourth-order valence-corrected chi connectivity index (χ4v) is 3.90. The van der Waals surface area contributed by atoms with E-state index in [-0.39, 0.29) is 24.3 Å². The molecule has 3 nitrogen and oxygen atoms in total. The number of halogens is 4. The van der Waals surface area contributed by atoms with Crippen molar-refractivity contribution in [3.05, 3.63) is 70.2 Å². The molecule has 0 unspecified atom stereocenters. The van der Waals surface area contributed by atoms with Crippen molar-refractivity contribution in [3.63, 3.8) is 0 Å². The summed E-state index contributed by atoms with van der Waals surface area (Å²) in [4.78, 5) is 6.35. The predicted molar refractivity (Wildman–Crippen MR) is 114 cm³/mol. The number of hydrogen-bond acceptors (Lipinski definition) is 3. The van der Waals surface area contributed by atoms with Gasteiger partial charge in [-0.25, -0.2) is 4.39 Å². The van der Waals surface area contributed by atoms with Crippen LogP contribution in [0.1, 0.15) is 18.4 Å². The number of rotatable bonds is 4. The maximum Gasteiger partial charge on any atom is 0.165 e. The summed E-state index contributed by atoms with van der Waals surface area (Å²) in [5.74, 6) is -0.0289. The zero-order chi connectivity index (χ0) is 18.8. The standard InChI is InChI=1S/C21H19Cl2FN2O.ClH/c22-17-2-1-15(19(23)11-17)13-26-7-4-18(5-8-26)27-21-10-14-3-6-25-12-16(14)9-20(21)24;/h1-3,6,9-12,18H,4-5,7-8,13H2;1H. The molecule has 1 aliphatic rings. The van der Waals surface area contributed by atoms with Crippen molar-refractivity contribution in [2.45, 2.75) is 25.5 Å². The fraction of sp³-hybridized carbons (Fsp3) is 0.286. The summed E-state index contributed by atoms with van der Waals surface area (Å²) in [5.41, 5.74) is 1.06. The molecule has 0 bridgehead atoms. The van der Waals surface area contributed by atoms with Gasteiger partial charge in [0, 0.05) is 47.5 Å². The largest absolute Gasteiger partial charge is 0.487 e. The Bertz CT molecular complexity index is 962. The second kappa shape index (κ2) is 9.27. The monoisotopic (exact) mass is 440 g/mol. The third kappa shape index (κ3) is 4.87. The Morgan fingerprint density at radius 3 is 2.61 bits per heavy atom. The van der Waals surface area contributed by atoms with Gasteiger partial charge in [0.15, 0.2) is 11.6 Å². The molecule has 1 aliphatic heterocycles. The van der Waals surface area contributed by atoms with Gasteiger partial charge in [0.25, 0.3) is 0 Å². The van der Waals surface area contributed by atoms with Crippen LogP contribution in [0.4, 0.5) is 4.39 Å². The van der Waals surface area contributed by atoms with Gasteiger partial charge in [-0.3, -0.25) is 9.88 Å². The van der Waals surface area contributed by atoms with E-state index in [9.17, 15) is 4.39 Å². The summed E-state index contributed by atoms with van der Waals surface area (Å²) >= 11 is 12.2. The van der Waals surface area contributed by atoms with Gasteiger partial charge in [-0.2, -0.15) is 0 Å². The smallest absolute Gasteiger partial charge is 0.165 e.